The lowest BCUT2D eigenvalue weighted by molar-refractivity contribution is 1.25. The number of hydrogen-bond acceptors (Lipinski definition) is 3. The molecule has 0 aliphatic heterocycles. The van der Waals surface area contributed by atoms with E-state index in [1.54, 1.807) is 0 Å². The lowest BCUT2D eigenvalue weighted by Gasteiger charge is -2.31. The van der Waals surface area contributed by atoms with E-state index in [4.69, 9.17) is 0 Å². The molecule has 0 aliphatic rings. The highest BCUT2D eigenvalue weighted by molar-refractivity contribution is 7.25. The molecule has 0 fully saturated rings. The van der Waals surface area contributed by atoms with E-state index < -0.39 is 0 Å². The van der Waals surface area contributed by atoms with Crippen LogP contribution in [0.3, 0.4) is 0 Å². The number of rotatable bonds is 10. The molecule has 71 heavy (non-hydrogen) atoms. The van der Waals surface area contributed by atoms with Crippen LogP contribution in [0.4, 0.5) is 34.1 Å². The lowest BCUT2D eigenvalue weighted by atomic mass is 9.92. The fraction of sp³-hybridized carbons (Fsp3) is 0. The van der Waals surface area contributed by atoms with Crippen LogP contribution in [0.5, 0.6) is 0 Å². The van der Waals surface area contributed by atoms with E-state index >= 15 is 0 Å². The number of thiophene rings is 1. The summed E-state index contributed by atoms with van der Waals surface area (Å²) in [5.41, 5.74) is 15.8. The van der Waals surface area contributed by atoms with E-state index in [-0.39, 0.29) is 0 Å². The molecule has 0 amide bonds. The van der Waals surface area contributed by atoms with E-state index in [0.29, 0.717) is 0 Å². The van der Waals surface area contributed by atoms with Gasteiger partial charge in [-0.2, -0.15) is 0 Å². The molecular weight excluding hydrogens is 877 g/mol. The number of benzene rings is 12. The van der Waals surface area contributed by atoms with Gasteiger partial charge >= 0.3 is 0 Å². The number of nitrogens with zero attached hydrogens (tertiary/aromatic N) is 2. The minimum absolute atomic E-state index is 1.04. The molecule has 0 atom stereocenters. The Labute approximate surface area is 418 Å². The first-order chi connectivity index (χ1) is 35.2. The molecule has 0 spiro atoms. The Kier molecular flexibility index (Phi) is 10.8. The largest absolute Gasteiger partial charge is 0.310 e. The van der Waals surface area contributed by atoms with Gasteiger partial charge in [0.05, 0.1) is 0 Å². The summed E-state index contributed by atoms with van der Waals surface area (Å²) >= 11 is 1.85. The van der Waals surface area contributed by atoms with Gasteiger partial charge in [0, 0.05) is 54.3 Å². The molecule has 0 unspecified atom stereocenters. The summed E-state index contributed by atoms with van der Waals surface area (Å²) in [5, 5.41) is 7.47. The first kappa shape index (κ1) is 42.1. The van der Waals surface area contributed by atoms with Gasteiger partial charge in [0.25, 0.3) is 0 Å². The van der Waals surface area contributed by atoms with Crippen LogP contribution >= 0.6 is 11.3 Å². The van der Waals surface area contributed by atoms with Gasteiger partial charge in [0.1, 0.15) is 0 Å². The minimum atomic E-state index is 1.04. The van der Waals surface area contributed by atoms with E-state index in [2.05, 4.69) is 289 Å². The summed E-state index contributed by atoms with van der Waals surface area (Å²) in [6.07, 6.45) is 0. The second-order valence-electron chi connectivity index (χ2n) is 18.1. The normalized spacial score (nSPS) is 11.4. The van der Waals surface area contributed by atoms with E-state index in [0.717, 1.165) is 39.7 Å². The molecule has 334 valence electrons. The second kappa shape index (κ2) is 18.1. The van der Waals surface area contributed by atoms with Crippen molar-refractivity contribution in [1.82, 2.24) is 0 Å². The monoisotopic (exact) mass is 922 g/mol. The summed E-state index contributed by atoms with van der Waals surface area (Å²) in [7, 11) is 0. The van der Waals surface area contributed by atoms with E-state index in [9.17, 15) is 0 Å². The maximum absolute atomic E-state index is 2.45. The first-order valence-corrected chi connectivity index (χ1v) is 25.0. The average Bonchev–Trinajstić information content (AvgIpc) is 3.82. The SMILES string of the molecule is c1ccc(-c2ccc(N(c3ccc(-c4ccccc4)cc3)c3cc(-c4cc5ccccc5c5ccccc45)cc(N(c4ccc(-c5ccccc5)cc4)c4ccc5c(c4)sc4ccccc45)c3)cc2)cc1. The summed E-state index contributed by atoms with van der Waals surface area (Å²) in [6.45, 7) is 0. The van der Waals surface area contributed by atoms with Crippen LogP contribution in [0.2, 0.25) is 0 Å². The highest BCUT2D eigenvalue weighted by Gasteiger charge is 2.22. The maximum Gasteiger partial charge on any atom is 0.0488 e. The lowest BCUT2D eigenvalue weighted by Crippen LogP contribution is -2.13. The topological polar surface area (TPSA) is 6.48 Å². The third kappa shape index (κ3) is 7.99. The van der Waals surface area contributed by atoms with Crippen LogP contribution in [-0.2, 0) is 0 Å². The van der Waals surface area contributed by atoms with Gasteiger partial charge in [0.15, 0.2) is 0 Å². The molecule has 0 radical (unpaired) electrons. The predicted molar refractivity (Wildman–Crippen MR) is 305 cm³/mol. The zero-order valence-corrected chi connectivity index (χ0v) is 39.7. The Hall–Kier alpha value is -9.02. The van der Waals surface area contributed by atoms with Crippen molar-refractivity contribution in [1.29, 1.82) is 0 Å². The fourth-order valence-corrected chi connectivity index (χ4v) is 11.5. The van der Waals surface area contributed by atoms with Crippen molar-refractivity contribution in [2.75, 3.05) is 9.80 Å². The molecular formula is C68H46N2S. The molecule has 0 N–H and O–H groups in total. The van der Waals surface area contributed by atoms with Crippen molar-refractivity contribution in [2.45, 2.75) is 0 Å². The summed E-state index contributed by atoms with van der Waals surface area (Å²) in [4.78, 5) is 4.87. The van der Waals surface area contributed by atoms with Crippen molar-refractivity contribution in [2.24, 2.45) is 0 Å². The van der Waals surface area contributed by atoms with Gasteiger partial charge in [-0.1, -0.05) is 200 Å². The number of fused-ring (bicyclic) bond motifs is 6. The maximum atomic E-state index is 2.45. The minimum Gasteiger partial charge on any atom is -0.310 e. The molecule has 0 saturated heterocycles. The van der Waals surface area contributed by atoms with E-state index in [1.165, 1.54) is 80.7 Å². The third-order valence-corrected chi connectivity index (χ3v) is 14.9. The zero-order valence-electron chi connectivity index (χ0n) is 38.9. The van der Waals surface area contributed by atoms with Crippen LogP contribution in [0.1, 0.15) is 0 Å². The van der Waals surface area contributed by atoms with Gasteiger partial charge in [0.2, 0.25) is 0 Å². The quantitative estimate of drug-likeness (QED) is 0.126. The summed E-state index contributed by atoms with van der Waals surface area (Å²) in [5.74, 6) is 0. The molecule has 0 bridgehead atoms. The van der Waals surface area contributed by atoms with Crippen LogP contribution < -0.4 is 9.80 Å². The van der Waals surface area contributed by atoms with Crippen molar-refractivity contribution in [3.63, 3.8) is 0 Å². The fourth-order valence-electron chi connectivity index (χ4n) is 10.4. The molecule has 13 aromatic rings. The van der Waals surface area contributed by atoms with E-state index in [1.807, 2.05) is 11.3 Å². The Balaban J connectivity index is 1.07. The molecule has 12 aromatic carbocycles. The van der Waals surface area contributed by atoms with Crippen LogP contribution in [0.15, 0.2) is 279 Å². The van der Waals surface area contributed by atoms with Gasteiger partial charge in [-0.3, -0.25) is 0 Å². The zero-order chi connectivity index (χ0) is 47.1. The number of anilines is 6. The standard InChI is InChI=1S/C68H46N2S/c1-4-16-47(17-5-1)50-28-34-55(35-29-50)69(56-36-30-51(31-37-56)48-18-6-2-7-19-48)59-42-54(66-44-53-22-10-11-23-61(53)62-24-12-13-25-63(62)66)43-60(45-59)70(57-38-32-52(33-39-57)49-20-8-3-9-21-49)58-40-41-65-64-26-14-15-27-67(64)71-68(65)46-58/h1-46H. The van der Waals surface area contributed by atoms with Crippen molar-refractivity contribution in [3.8, 4) is 44.5 Å². The Morgan fingerprint density at radius 2 is 0.606 bits per heavy atom. The highest BCUT2D eigenvalue weighted by atomic mass is 32.1. The third-order valence-electron chi connectivity index (χ3n) is 13.8. The van der Waals surface area contributed by atoms with Gasteiger partial charge in [-0.25, -0.2) is 0 Å². The molecule has 13 rings (SSSR count). The molecule has 0 saturated carbocycles. The Morgan fingerprint density at radius 1 is 0.211 bits per heavy atom. The van der Waals surface area contributed by atoms with Gasteiger partial charge in [-0.05, 0) is 145 Å². The smallest absolute Gasteiger partial charge is 0.0488 e. The van der Waals surface area contributed by atoms with Crippen LogP contribution in [-0.4, -0.2) is 0 Å². The number of hydrogen-bond donors (Lipinski definition) is 0. The molecule has 1 aromatic heterocycles. The predicted octanol–water partition coefficient (Wildman–Crippen LogP) is 20.0. The van der Waals surface area contributed by atoms with Crippen LogP contribution in [0.25, 0.3) is 86.2 Å². The molecule has 1 heterocycles. The van der Waals surface area contributed by atoms with Crippen molar-refractivity contribution >= 4 is 87.2 Å². The molecule has 2 nitrogen and oxygen atoms in total. The second-order valence-corrected chi connectivity index (χ2v) is 19.2. The molecule has 0 aliphatic carbocycles. The van der Waals surface area contributed by atoms with Gasteiger partial charge < -0.3 is 9.80 Å². The van der Waals surface area contributed by atoms with Crippen LogP contribution in [0, 0.1) is 0 Å². The molecule has 3 heteroatoms. The summed E-state index contributed by atoms with van der Waals surface area (Å²) in [6, 6.07) is 102. The average molecular weight is 923 g/mol. The van der Waals surface area contributed by atoms with Crippen molar-refractivity contribution in [3.05, 3.63) is 279 Å². The summed E-state index contributed by atoms with van der Waals surface area (Å²) < 4.78 is 2.54. The highest BCUT2D eigenvalue weighted by Crippen LogP contribution is 2.47. The Bertz CT molecular complexity index is 3930. The Morgan fingerprint density at radius 3 is 1.14 bits per heavy atom. The van der Waals surface area contributed by atoms with Gasteiger partial charge in [-0.15, -0.1) is 11.3 Å². The first-order valence-electron chi connectivity index (χ1n) is 24.2. The van der Waals surface area contributed by atoms with Crippen molar-refractivity contribution < 1.29 is 0 Å².